The number of hydrogen-bond acceptors (Lipinski definition) is 2. The van der Waals surface area contributed by atoms with Crippen molar-refractivity contribution >= 4 is 0 Å². The van der Waals surface area contributed by atoms with Gasteiger partial charge in [0, 0.05) is 0 Å². The minimum atomic E-state index is 0.239. The van der Waals surface area contributed by atoms with Crippen molar-refractivity contribution in [1.82, 2.24) is 0 Å². The van der Waals surface area contributed by atoms with E-state index in [9.17, 15) is 10.2 Å². The van der Waals surface area contributed by atoms with Gasteiger partial charge in [-0.05, 0) is 66.8 Å². The molecule has 2 rings (SSSR count). The molecule has 2 aromatic carbocycles. The van der Waals surface area contributed by atoms with E-state index in [0.29, 0.717) is 5.75 Å². The Balaban J connectivity index is 2.64. The first-order chi connectivity index (χ1) is 7.99. The van der Waals surface area contributed by atoms with Crippen molar-refractivity contribution in [1.29, 1.82) is 0 Å². The summed E-state index contributed by atoms with van der Waals surface area (Å²) >= 11 is 0. The summed E-state index contributed by atoms with van der Waals surface area (Å²) in [5, 5.41) is 19.4. The number of rotatable bonds is 1. The summed E-state index contributed by atoms with van der Waals surface area (Å²) < 4.78 is 0. The fourth-order valence-corrected chi connectivity index (χ4v) is 1.92. The maximum absolute atomic E-state index is 9.84. The van der Waals surface area contributed by atoms with E-state index in [-0.39, 0.29) is 5.75 Å². The molecule has 0 aliphatic rings. The molecule has 0 aromatic heterocycles. The van der Waals surface area contributed by atoms with Crippen LogP contribution < -0.4 is 0 Å². The normalized spacial score (nSPS) is 10.5. The maximum Gasteiger partial charge on any atom is 0.119 e. The topological polar surface area (TPSA) is 40.5 Å². The lowest BCUT2D eigenvalue weighted by Crippen LogP contribution is -1.87. The molecular formula is C15H16O2. The number of benzene rings is 2. The van der Waals surface area contributed by atoms with Crippen molar-refractivity contribution < 1.29 is 10.2 Å². The lowest BCUT2D eigenvalue weighted by molar-refractivity contribution is 0.470. The summed E-state index contributed by atoms with van der Waals surface area (Å²) in [5.74, 6) is 0.533. The van der Waals surface area contributed by atoms with Gasteiger partial charge in [0.05, 0.1) is 0 Å². The lowest BCUT2D eigenvalue weighted by Gasteiger charge is -2.10. The Morgan fingerprint density at radius 2 is 1.53 bits per heavy atom. The fourth-order valence-electron chi connectivity index (χ4n) is 1.92. The van der Waals surface area contributed by atoms with Crippen LogP contribution in [0.15, 0.2) is 30.3 Å². The van der Waals surface area contributed by atoms with E-state index in [0.717, 1.165) is 27.8 Å². The van der Waals surface area contributed by atoms with E-state index in [4.69, 9.17) is 0 Å². The highest BCUT2D eigenvalue weighted by Crippen LogP contribution is 2.32. The largest absolute Gasteiger partial charge is 0.508 e. The first-order valence-electron chi connectivity index (χ1n) is 5.59. The number of aromatic hydroxyl groups is 2. The molecule has 0 bridgehead atoms. The Bertz CT molecular complexity index is 548. The van der Waals surface area contributed by atoms with Crippen molar-refractivity contribution in [2.45, 2.75) is 20.8 Å². The molecule has 2 N–H and O–H groups in total. The van der Waals surface area contributed by atoms with Crippen molar-refractivity contribution in [2.75, 3.05) is 0 Å². The van der Waals surface area contributed by atoms with Crippen LogP contribution in [-0.2, 0) is 0 Å². The van der Waals surface area contributed by atoms with E-state index in [2.05, 4.69) is 0 Å². The highest BCUT2D eigenvalue weighted by molar-refractivity contribution is 5.71. The molecule has 2 aromatic rings. The second-order valence-corrected chi connectivity index (χ2v) is 4.44. The Morgan fingerprint density at radius 3 is 2.18 bits per heavy atom. The van der Waals surface area contributed by atoms with Crippen LogP contribution in [-0.4, -0.2) is 10.2 Å². The molecule has 0 unspecified atom stereocenters. The third kappa shape index (κ3) is 2.11. The molecule has 0 radical (unpaired) electrons. The first kappa shape index (κ1) is 11.5. The average Bonchev–Trinajstić information content (AvgIpc) is 2.28. The van der Waals surface area contributed by atoms with E-state index in [1.54, 1.807) is 18.2 Å². The van der Waals surface area contributed by atoms with Crippen LogP contribution in [0, 0.1) is 20.8 Å². The summed E-state index contributed by atoms with van der Waals surface area (Å²) in [6, 6.07) is 9.02. The molecule has 0 spiro atoms. The van der Waals surface area contributed by atoms with Gasteiger partial charge in [0.25, 0.3) is 0 Å². The summed E-state index contributed by atoms with van der Waals surface area (Å²) in [5.41, 5.74) is 4.89. The number of hydrogen-bond donors (Lipinski definition) is 2. The highest BCUT2D eigenvalue weighted by atomic mass is 16.3. The standard InChI is InChI=1S/C15H16O2/c1-9-4-5-13(16)8-14(9)12-6-10(2)11(3)15(17)7-12/h4-8,16-17H,1-3H3. The molecule has 0 amide bonds. The molecule has 2 heteroatoms. The second-order valence-electron chi connectivity index (χ2n) is 4.44. The van der Waals surface area contributed by atoms with Crippen LogP contribution in [0.1, 0.15) is 16.7 Å². The van der Waals surface area contributed by atoms with Crippen molar-refractivity contribution in [2.24, 2.45) is 0 Å². The fraction of sp³-hybridized carbons (Fsp3) is 0.200. The zero-order chi connectivity index (χ0) is 12.6. The van der Waals surface area contributed by atoms with Crippen molar-refractivity contribution in [3.05, 3.63) is 47.0 Å². The lowest BCUT2D eigenvalue weighted by atomic mass is 9.96. The summed E-state index contributed by atoms with van der Waals surface area (Å²) in [6.45, 7) is 5.85. The van der Waals surface area contributed by atoms with Gasteiger partial charge in [-0.15, -0.1) is 0 Å². The van der Waals surface area contributed by atoms with Gasteiger partial charge in [-0.3, -0.25) is 0 Å². The van der Waals surface area contributed by atoms with E-state index < -0.39 is 0 Å². The van der Waals surface area contributed by atoms with Crippen molar-refractivity contribution in [3.63, 3.8) is 0 Å². The van der Waals surface area contributed by atoms with Gasteiger partial charge in [0.2, 0.25) is 0 Å². The van der Waals surface area contributed by atoms with Crippen LogP contribution in [0.25, 0.3) is 11.1 Å². The Morgan fingerprint density at radius 1 is 0.824 bits per heavy atom. The molecule has 0 heterocycles. The molecule has 17 heavy (non-hydrogen) atoms. The third-order valence-electron chi connectivity index (χ3n) is 3.17. The van der Waals surface area contributed by atoms with E-state index in [1.165, 1.54) is 0 Å². The van der Waals surface area contributed by atoms with Gasteiger partial charge in [0.1, 0.15) is 11.5 Å². The van der Waals surface area contributed by atoms with Gasteiger partial charge >= 0.3 is 0 Å². The third-order valence-corrected chi connectivity index (χ3v) is 3.17. The molecule has 88 valence electrons. The zero-order valence-electron chi connectivity index (χ0n) is 10.3. The van der Waals surface area contributed by atoms with E-state index in [1.807, 2.05) is 32.9 Å². The molecule has 0 atom stereocenters. The van der Waals surface area contributed by atoms with Crippen LogP contribution in [0.5, 0.6) is 11.5 Å². The van der Waals surface area contributed by atoms with Gasteiger partial charge in [-0.1, -0.05) is 12.1 Å². The molecule has 0 saturated heterocycles. The highest BCUT2D eigenvalue weighted by Gasteiger charge is 2.07. The van der Waals surface area contributed by atoms with Crippen molar-refractivity contribution in [3.8, 4) is 22.6 Å². The summed E-state index contributed by atoms with van der Waals surface area (Å²) in [4.78, 5) is 0. The smallest absolute Gasteiger partial charge is 0.119 e. The van der Waals surface area contributed by atoms with E-state index >= 15 is 0 Å². The van der Waals surface area contributed by atoms with Crippen LogP contribution in [0.2, 0.25) is 0 Å². The Kier molecular flexibility index (Phi) is 2.80. The number of phenolic OH excluding ortho intramolecular Hbond substituents is 2. The predicted molar refractivity (Wildman–Crippen MR) is 69.4 cm³/mol. The molecular weight excluding hydrogens is 212 g/mol. The number of aryl methyl sites for hydroxylation is 2. The number of phenols is 2. The Labute approximate surface area is 101 Å². The zero-order valence-corrected chi connectivity index (χ0v) is 10.3. The van der Waals surface area contributed by atoms with Crippen LogP contribution in [0.4, 0.5) is 0 Å². The van der Waals surface area contributed by atoms with Crippen LogP contribution >= 0.6 is 0 Å². The SMILES string of the molecule is Cc1ccc(O)cc1-c1cc(C)c(C)c(O)c1. The minimum absolute atomic E-state index is 0.239. The monoisotopic (exact) mass is 228 g/mol. The quantitative estimate of drug-likeness (QED) is 0.781. The molecule has 2 nitrogen and oxygen atoms in total. The van der Waals surface area contributed by atoms with Gasteiger partial charge in [0.15, 0.2) is 0 Å². The van der Waals surface area contributed by atoms with Gasteiger partial charge < -0.3 is 10.2 Å². The van der Waals surface area contributed by atoms with Crippen LogP contribution in [0.3, 0.4) is 0 Å². The first-order valence-corrected chi connectivity index (χ1v) is 5.59. The minimum Gasteiger partial charge on any atom is -0.508 e. The second kappa shape index (κ2) is 4.13. The summed E-state index contributed by atoms with van der Waals surface area (Å²) in [6.07, 6.45) is 0. The van der Waals surface area contributed by atoms with Gasteiger partial charge in [-0.25, -0.2) is 0 Å². The molecule has 0 saturated carbocycles. The average molecular weight is 228 g/mol. The molecule has 0 aliphatic carbocycles. The molecule has 0 fully saturated rings. The summed E-state index contributed by atoms with van der Waals surface area (Å²) in [7, 11) is 0. The maximum atomic E-state index is 9.84. The Hall–Kier alpha value is -1.96. The molecule has 0 aliphatic heterocycles. The predicted octanol–water partition coefficient (Wildman–Crippen LogP) is 3.69. The van der Waals surface area contributed by atoms with Gasteiger partial charge in [-0.2, -0.15) is 0 Å².